The van der Waals surface area contributed by atoms with Gasteiger partial charge in [0.05, 0.1) is 5.02 Å². The molecule has 1 aromatic rings. The maximum absolute atomic E-state index is 12.5. The molecule has 0 aliphatic carbocycles. The Labute approximate surface area is 124 Å². The zero-order chi connectivity index (χ0) is 14.8. The number of halogens is 1. The minimum atomic E-state index is -0.447. The topological polar surface area (TPSA) is 61.4 Å². The van der Waals surface area contributed by atoms with Crippen LogP contribution in [0.1, 0.15) is 26.7 Å². The van der Waals surface area contributed by atoms with Crippen LogP contribution < -0.4 is 10.6 Å². The molecule has 20 heavy (non-hydrogen) atoms. The number of nitrogens with one attached hydrogen (secondary N) is 2. The number of carbonyl (C=O) groups excluding carboxylic acids is 1. The number of hydrogen-bond donors (Lipinski definition) is 3. The number of phenols is 1. The van der Waals surface area contributed by atoms with E-state index in [0.717, 1.165) is 25.9 Å². The molecule has 1 aliphatic heterocycles. The van der Waals surface area contributed by atoms with E-state index in [-0.39, 0.29) is 16.7 Å². The molecule has 1 saturated heterocycles. The highest BCUT2D eigenvalue weighted by atomic mass is 35.5. The maximum Gasteiger partial charge on any atom is 0.230 e. The zero-order valence-corrected chi connectivity index (χ0v) is 12.6. The third-order valence-electron chi connectivity index (χ3n) is 4.11. The molecule has 1 amide bonds. The number of phenolic OH excluding ortho intramolecular Hbond substituents is 1. The van der Waals surface area contributed by atoms with E-state index < -0.39 is 5.41 Å². The van der Waals surface area contributed by atoms with Gasteiger partial charge in [-0.2, -0.15) is 0 Å². The van der Waals surface area contributed by atoms with Gasteiger partial charge in [0.1, 0.15) is 5.75 Å². The number of anilines is 1. The van der Waals surface area contributed by atoms with Gasteiger partial charge >= 0.3 is 0 Å². The lowest BCUT2D eigenvalue weighted by atomic mass is 9.74. The molecular weight excluding hydrogens is 276 g/mol. The van der Waals surface area contributed by atoms with Gasteiger partial charge in [0.25, 0.3) is 0 Å². The number of rotatable bonds is 3. The monoisotopic (exact) mass is 296 g/mol. The van der Waals surface area contributed by atoms with E-state index in [1.165, 1.54) is 6.07 Å². The molecule has 1 fully saturated rings. The lowest BCUT2D eigenvalue weighted by molar-refractivity contribution is -0.127. The summed E-state index contributed by atoms with van der Waals surface area (Å²) in [6.45, 7) is 5.85. The Bertz CT molecular complexity index is 497. The molecule has 3 N–H and O–H groups in total. The molecule has 1 unspecified atom stereocenters. The van der Waals surface area contributed by atoms with Crippen LogP contribution in [0.15, 0.2) is 18.2 Å². The van der Waals surface area contributed by atoms with Crippen LogP contribution in [0.2, 0.25) is 5.02 Å². The summed E-state index contributed by atoms with van der Waals surface area (Å²) in [5.41, 5.74) is 0.160. The van der Waals surface area contributed by atoms with Crippen LogP contribution in [0.3, 0.4) is 0 Å². The summed E-state index contributed by atoms with van der Waals surface area (Å²) in [6.07, 6.45) is 2.16. The molecule has 5 heteroatoms. The average Bonchev–Trinajstić information content (AvgIpc) is 2.44. The second kappa shape index (κ2) is 6.02. The molecule has 1 heterocycles. The van der Waals surface area contributed by atoms with Crippen LogP contribution in [-0.4, -0.2) is 24.1 Å². The van der Waals surface area contributed by atoms with Crippen molar-refractivity contribution in [3.8, 4) is 5.75 Å². The van der Waals surface area contributed by atoms with E-state index in [1.807, 2.05) is 13.8 Å². The van der Waals surface area contributed by atoms with Gasteiger partial charge in [-0.3, -0.25) is 4.79 Å². The second-order valence-electron chi connectivity index (χ2n) is 5.89. The van der Waals surface area contributed by atoms with Crippen molar-refractivity contribution in [1.82, 2.24) is 5.32 Å². The Morgan fingerprint density at radius 1 is 1.50 bits per heavy atom. The first-order valence-electron chi connectivity index (χ1n) is 6.92. The van der Waals surface area contributed by atoms with Gasteiger partial charge in [-0.15, -0.1) is 0 Å². The Balaban J connectivity index is 2.07. The normalized spacial score (nSPS) is 19.6. The fraction of sp³-hybridized carbons (Fsp3) is 0.533. The summed E-state index contributed by atoms with van der Waals surface area (Å²) in [7, 11) is 0. The quantitative estimate of drug-likeness (QED) is 0.752. The first-order valence-corrected chi connectivity index (χ1v) is 7.29. The van der Waals surface area contributed by atoms with Gasteiger partial charge in [-0.05, 0) is 50.0 Å². The predicted octanol–water partition coefficient (Wildman–Crippen LogP) is 3.01. The molecule has 2 rings (SSSR count). The van der Waals surface area contributed by atoms with Crippen LogP contribution >= 0.6 is 11.6 Å². The van der Waals surface area contributed by atoms with E-state index in [4.69, 9.17) is 11.6 Å². The first-order chi connectivity index (χ1) is 9.41. The van der Waals surface area contributed by atoms with Crippen molar-refractivity contribution < 1.29 is 9.90 Å². The summed E-state index contributed by atoms with van der Waals surface area (Å²) in [5, 5.41) is 15.9. The van der Waals surface area contributed by atoms with Gasteiger partial charge < -0.3 is 15.7 Å². The third-order valence-corrected chi connectivity index (χ3v) is 4.41. The van der Waals surface area contributed by atoms with Crippen molar-refractivity contribution >= 4 is 23.2 Å². The largest absolute Gasteiger partial charge is 0.506 e. The first kappa shape index (κ1) is 15.1. The minimum Gasteiger partial charge on any atom is -0.506 e. The van der Waals surface area contributed by atoms with Gasteiger partial charge in [-0.1, -0.05) is 25.4 Å². The van der Waals surface area contributed by atoms with E-state index >= 15 is 0 Å². The Hall–Kier alpha value is -1.26. The smallest absolute Gasteiger partial charge is 0.230 e. The average molecular weight is 297 g/mol. The molecule has 0 bridgehead atoms. The summed E-state index contributed by atoms with van der Waals surface area (Å²) in [5.74, 6) is 0.317. The molecule has 4 nitrogen and oxygen atoms in total. The molecule has 0 saturated carbocycles. The Morgan fingerprint density at radius 2 is 2.25 bits per heavy atom. The minimum absolute atomic E-state index is 0.0143. The van der Waals surface area contributed by atoms with Gasteiger partial charge in [0.15, 0.2) is 0 Å². The third kappa shape index (κ3) is 3.25. The Kier molecular flexibility index (Phi) is 4.55. The molecular formula is C15H21ClN2O2. The number of benzene rings is 1. The van der Waals surface area contributed by atoms with Crippen LogP contribution in [0.5, 0.6) is 5.75 Å². The van der Waals surface area contributed by atoms with E-state index in [0.29, 0.717) is 11.6 Å². The highest BCUT2D eigenvalue weighted by Crippen LogP contribution is 2.34. The Morgan fingerprint density at radius 3 is 2.85 bits per heavy atom. The van der Waals surface area contributed by atoms with Crippen molar-refractivity contribution in [2.45, 2.75) is 26.7 Å². The number of piperidine rings is 1. The van der Waals surface area contributed by atoms with Crippen LogP contribution in [-0.2, 0) is 4.79 Å². The number of hydrogen-bond acceptors (Lipinski definition) is 3. The summed E-state index contributed by atoms with van der Waals surface area (Å²) >= 11 is 5.85. The fourth-order valence-corrected chi connectivity index (χ4v) is 2.71. The van der Waals surface area contributed by atoms with E-state index in [9.17, 15) is 9.90 Å². The SMILES string of the molecule is CC(C)(C(=O)Nc1ccc(O)c(Cl)c1)C1CCCNC1. The second-order valence-corrected chi connectivity index (χ2v) is 6.29. The maximum atomic E-state index is 12.5. The summed E-state index contributed by atoms with van der Waals surface area (Å²) in [4.78, 5) is 12.5. The zero-order valence-electron chi connectivity index (χ0n) is 11.9. The van der Waals surface area contributed by atoms with Crippen molar-refractivity contribution in [2.24, 2.45) is 11.3 Å². The summed E-state index contributed by atoms with van der Waals surface area (Å²) in [6, 6.07) is 4.69. The highest BCUT2D eigenvalue weighted by molar-refractivity contribution is 6.32. The van der Waals surface area contributed by atoms with E-state index in [1.54, 1.807) is 12.1 Å². The molecule has 1 aromatic carbocycles. The van der Waals surface area contributed by atoms with Crippen molar-refractivity contribution in [3.05, 3.63) is 23.2 Å². The van der Waals surface area contributed by atoms with Crippen LogP contribution in [0.25, 0.3) is 0 Å². The molecule has 0 radical (unpaired) electrons. The predicted molar refractivity (Wildman–Crippen MR) is 81.1 cm³/mol. The van der Waals surface area contributed by atoms with Crippen LogP contribution in [0, 0.1) is 11.3 Å². The number of aromatic hydroxyl groups is 1. The summed E-state index contributed by atoms with van der Waals surface area (Å²) < 4.78 is 0. The van der Waals surface area contributed by atoms with Crippen molar-refractivity contribution in [1.29, 1.82) is 0 Å². The molecule has 110 valence electrons. The lowest BCUT2D eigenvalue weighted by Gasteiger charge is -2.36. The number of amides is 1. The van der Waals surface area contributed by atoms with Crippen molar-refractivity contribution in [2.75, 3.05) is 18.4 Å². The lowest BCUT2D eigenvalue weighted by Crippen LogP contribution is -2.44. The van der Waals surface area contributed by atoms with Gasteiger partial charge in [0, 0.05) is 11.1 Å². The van der Waals surface area contributed by atoms with Gasteiger partial charge in [-0.25, -0.2) is 0 Å². The highest BCUT2D eigenvalue weighted by Gasteiger charge is 2.37. The van der Waals surface area contributed by atoms with Crippen LogP contribution in [0.4, 0.5) is 5.69 Å². The molecule has 1 aliphatic rings. The van der Waals surface area contributed by atoms with Gasteiger partial charge in [0.2, 0.25) is 5.91 Å². The standard InChI is InChI=1S/C15H21ClN2O2/c1-15(2,10-4-3-7-17-9-10)14(20)18-11-5-6-13(19)12(16)8-11/h5-6,8,10,17,19H,3-4,7,9H2,1-2H3,(H,18,20). The number of carbonyl (C=O) groups is 1. The molecule has 0 spiro atoms. The molecule has 0 aromatic heterocycles. The van der Waals surface area contributed by atoms with E-state index in [2.05, 4.69) is 10.6 Å². The fourth-order valence-electron chi connectivity index (χ4n) is 2.53. The van der Waals surface area contributed by atoms with Crippen molar-refractivity contribution in [3.63, 3.8) is 0 Å². The molecule has 1 atom stereocenters.